The summed E-state index contributed by atoms with van der Waals surface area (Å²) < 4.78 is 0. The number of anilines is 1. The van der Waals surface area contributed by atoms with Crippen molar-refractivity contribution < 1.29 is 5.73 Å². The highest BCUT2D eigenvalue weighted by atomic mass is 32.2. The molecule has 0 amide bonds. The van der Waals surface area contributed by atoms with Crippen molar-refractivity contribution in [2.75, 3.05) is 11.4 Å². The van der Waals surface area contributed by atoms with E-state index in [0.29, 0.717) is 5.92 Å². The van der Waals surface area contributed by atoms with E-state index in [1.165, 1.54) is 32.3 Å². The topological polar surface area (TPSA) is 30.9 Å². The summed E-state index contributed by atoms with van der Waals surface area (Å²) in [5, 5.41) is 1.28. The van der Waals surface area contributed by atoms with Gasteiger partial charge in [-0.25, -0.2) is 0 Å². The van der Waals surface area contributed by atoms with E-state index in [-0.39, 0.29) is 0 Å². The molecule has 1 aliphatic carbocycles. The predicted octanol–water partition coefficient (Wildman–Crippen LogP) is 5.55. The van der Waals surface area contributed by atoms with Gasteiger partial charge < -0.3 is 10.6 Å². The maximum Gasteiger partial charge on any atom is 0.135 e. The predicted molar refractivity (Wildman–Crippen MR) is 117 cm³/mol. The van der Waals surface area contributed by atoms with E-state index in [4.69, 9.17) is 0 Å². The largest absolute Gasteiger partial charge is 0.335 e. The molecule has 136 valence electrons. The van der Waals surface area contributed by atoms with E-state index in [9.17, 15) is 0 Å². The van der Waals surface area contributed by atoms with Crippen LogP contribution in [0.1, 0.15) is 19.4 Å². The second kappa shape index (κ2) is 7.63. The average Bonchev–Trinajstić information content (AvgIpc) is 3.29. The number of allylic oxidation sites excluding steroid dienone is 6. The van der Waals surface area contributed by atoms with Crippen molar-refractivity contribution in [3.8, 4) is 0 Å². The average molecular weight is 374 g/mol. The highest BCUT2D eigenvalue weighted by molar-refractivity contribution is 8.03. The summed E-state index contributed by atoms with van der Waals surface area (Å²) in [4.78, 5) is 3.71. The molecule has 27 heavy (non-hydrogen) atoms. The smallest absolute Gasteiger partial charge is 0.135 e. The van der Waals surface area contributed by atoms with Crippen LogP contribution in [0.4, 0.5) is 11.4 Å². The molecule has 0 saturated carbocycles. The summed E-state index contributed by atoms with van der Waals surface area (Å²) in [5.41, 5.74) is 10.5. The molecule has 1 heterocycles. The second-order valence-electron chi connectivity index (χ2n) is 6.91. The molecule has 3 N–H and O–H groups in total. The fraction of sp³-hybridized carbons (Fsp3) is 0.167. The van der Waals surface area contributed by atoms with E-state index < -0.39 is 0 Å². The van der Waals surface area contributed by atoms with Crippen molar-refractivity contribution in [1.82, 2.24) is 0 Å². The standard InChI is InChI=1S/C24H24N2S/c1-3-26-22-12-6-7-13-23(22)27-24(26)14-8-10-18(20-15-17(20)2)16-19-9-4-5-11-21(19)25/h4-16,20H,3,25H2,1-2H3/p+1. The molecule has 0 bridgehead atoms. The molecule has 4 rings (SSSR count). The maximum atomic E-state index is 4.15. The minimum Gasteiger partial charge on any atom is -0.335 e. The van der Waals surface area contributed by atoms with Crippen molar-refractivity contribution in [3.05, 3.63) is 94.6 Å². The van der Waals surface area contributed by atoms with Crippen molar-refractivity contribution in [2.45, 2.75) is 18.7 Å². The number of benzene rings is 2. The summed E-state index contributed by atoms with van der Waals surface area (Å²) in [6.45, 7) is 5.38. The number of hydrogen-bond acceptors (Lipinski definition) is 2. The Balaban J connectivity index is 1.58. The van der Waals surface area contributed by atoms with Crippen LogP contribution >= 0.6 is 11.8 Å². The van der Waals surface area contributed by atoms with Gasteiger partial charge in [-0.3, -0.25) is 0 Å². The molecular formula is C24H25N2S+. The number of thioether (sulfide) groups is 1. The van der Waals surface area contributed by atoms with Gasteiger partial charge in [0, 0.05) is 22.9 Å². The van der Waals surface area contributed by atoms with Gasteiger partial charge in [0.25, 0.3) is 0 Å². The molecule has 1 aliphatic heterocycles. The van der Waals surface area contributed by atoms with E-state index in [1.807, 2.05) is 17.8 Å². The fourth-order valence-corrected chi connectivity index (χ4v) is 4.55. The van der Waals surface area contributed by atoms with Crippen LogP contribution in [-0.2, 0) is 0 Å². The zero-order valence-electron chi connectivity index (χ0n) is 15.9. The first-order chi connectivity index (χ1) is 13.2. The SMILES string of the molecule is CCN1C(=CC=CC(=Cc2ccccc2[NH3+])C2C=C2C)Sc2ccccc21. The van der Waals surface area contributed by atoms with Gasteiger partial charge in [0.1, 0.15) is 5.69 Å². The molecule has 0 spiro atoms. The first-order valence-corrected chi connectivity index (χ1v) is 10.2. The van der Waals surface area contributed by atoms with Crippen LogP contribution in [0.15, 0.2) is 93.9 Å². The van der Waals surface area contributed by atoms with Crippen LogP contribution in [0, 0.1) is 5.92 Å². The van der Waals surface area contributed by atoms with Crippen molar-refractivity contribution in [1.29, 1.82) is 0 Å². The molecule has 3 heteroatoms. The molecule has 0 fully saturated rings. The minimum atomic E-state index is 0.468. The Morgan fingerprint density at radius 2 is 1.89 bits per heavy atom. The van der Waals surface area contributed by atoms with E-state index in [1.54, 1.807) is 0 Å². The Morgan fingerprint density at radius 3 is 2.63 bits per heavy atom. The number of quaternary nitrogens is 1. The van der Waals surface area contributed by atoms with Crippen molar-refractivity contribution in [2.24, 2.45) is 5.92 Å². The van der Waals surface area contributed by atoms with Crippen molar-refractivity contribution >= 4 is 29.2 Å². The Morgan fingerprint density at radius 1 is 1.15 bits per heavy atom. The molecule has 0 radical (unpaired) electrons. The lowest BCUT2D eigenvalue weighted by molar-refractivity contribution is -0.255. The zero-order valence-corrected chi connectivity index (χ0v) is 16.7. The van der Waals surface area contributed by atoms with Gasteiger partial charge in [-0.15, -0.1) is 0 Å². The summed E-state index contributed by atoms with van der Waals surface area (Å²) >= 11 is 1.84. The molecule has 1 atom stereocenters. The van der Waals surface area contributed by atoms with E-state index in [0.717, 1.165) is 12.2 Å². The number of hydrogen-bond donors (Lipinski definition) is 1. The van der Waals surface area contributed by atoms with Gasteiger partial charge in [0.15, 0.2) is 0 Å². The number of fused-ring (bicyclic) bond motifs is 1. The minimum absolute atomic E-state index is 0.468. The van der Waals surface area contributed by atoms with Crippen LogP contribution in [0.5, 0.6) is 0 Å². The molecule has 0 aromatic heterocycles. The highest BCUT2D eigenvalue weighted by Crippen LogP contribution is 2.45. The lowest BCUT2D eigenvalue weighted by Gasteiger charge is -2.17. The van der Waals surface area contributed by atoms with Gasteiger partial charge in [0.2, 0.25) is 0 Å². The van der Waals surface area contributed by atoms with Gasteiger partial charge in [0.05, 0.1) is 10.7 Å². The fourth-order valence-electron chi connectivity index (χ4n) is 3.41. The van der Waals surface area contributed by atoms with Gasteiger partial charge in [-0.2, -0.15) is 0 Å². The third-order valence-electron chi connectivity index (χ3n) is 5.03. The van der Waals surface area contributed by atoms with Crippen LogP contribution in [0.2, 0.25) is 0 Å². The summed E-state index contributed by atoms with van der Waals surface area (Å²) in [6.07, 6.45) is 11.2. The summed E-state index contributed by atoms with van der Waals surface area (Å²) in [6, 6.07) is 16.9. The number of para-hydroxylation sites is 1. The maximum absolute atomic E-state index is 4.15. The molecule has 2 aliphatic rings. The molecule has 2 aromatic carbocycles. The Hall–Kier alpha value is -2.49. The normalized spacial score (nSPS) is 20.3. The van der Waals surface area contributed by atoms with Crippen molar-refractivity contribution in [3.63, 3.8) is 0 Å². The second-order valence-corrected chi connectivity index (χ2v) is 7.97. The molecule has 2 aromatic rings. The third-order valence-corrected chi connectivity index (χ3v) is 6.16. The lowest BCUT2D eigenvalue weighted by Crippen LogP contribution is -2.40. The van der Waals surface area contributed by atoms with E-state index >= 15 is 0 Å². The summed E-state index contributed by atoms with van der Waals surface area (Å²) in [7, 11) is 0. The molecule has 2 nitrogen and oxygen atoms in total. The van der Waals surface area contributed by atoms with Gasteiger partial charge in [-0.1, -0.05) is 59.8 Å². The van der Waals surface area contributed by atoms with Crippen LogP contribution in [0.25, 0.3) is 6.08 Å². The Bertz CT molecular complexity index is 981. The monoisotopic (exact) mass is 373 g/mol. The Labute approximate surface area is 165 Å². The highest BCUT2D eigenvalue weighted by Gasteiger charge is 2.24. The van der Waals surface area contributed by atoms with E-state index in [2.05, 4.69) is 97.3 Å². The third kappa shape index (κ3) is 3.80. The van der Waals surface area contributed by atoms with Crippen LogP contribution < -0.4 is 10.6 Å². The quantitative estimate of drug-likeness (QED) is 0.550. The molecule has 1 unspecified atom stereocenters. The number of rotatable bonds is 5. The zero-order chi connectivity index (χ0) is 18.8. The summed E-state index contributed by atoms with van der Waals surface area (Å²) in [5.74, 6) is 0.468. The Kier molecular flexibility index (Phi) is 5.06. The first kappa shape index (κ1) is 17.9. The van der Waals surface area contributed by atoms with Crippen LogP contribution in [0.3, 0.4) is 0 Å². The van der Waals surface area contributed by atoms with Crippen LogP contribution in [-0.4, -0.2) is 6.54 Å². The number of nitrogens with zero attached hydrogens (tertiary/aromatic N) is 1. The molecule has 0 saturated heterocycles. The van der Waals surface area contributed by atoms with Gasteiger partial charge in [-0.05, 0) is 55.8 Å². The van der Waals surface area contributed by atoms with Gasteiger partial charge >= 0.3 is 0 Å². The lowest BCUT2D eigenvalue weighted by atomic mass is 10.0. The molecular weight excluding hydrogens is 348 g/mol. The first-order valence-electron chi connectivity index (χ1n) is 9.41.